The first kappa shape index (κ1) is 21.3. The summed E-state index contributed by atoms with van der Waals surface area (Å²) in [6, 6.07) is 11.0. The van der Waals surface area contributed by atoms with Crippen molar-refractivity contribution in [2.45, 2.75) is 57.7 Å². The number of benzene rings is 2. The molecule has 0 aliphatic carbocycles. The van der Waals surface area contributed by atoms with Crippen LogP contribution >= 0.6 is 0 Å². The second-order valence-electron chi connectivity index (χ2n) is 8.94. The fourth-order valence-corrected chi connectivity index (χ4v) is 4.90. The molecule has 3 aromatic rings. The number of para-hydroxylation sites is 1. The third-order valence-electron chi connectivity index (χ3n) is 6.72. The standard InChI is InChI=1S/C25H27N5O3/c1-14-5-2-10-19-22(14)29-23(27-19)18(26)9-4-7-15-6-3-8-16-17(15)13-30(25(16)33)20-11-12-21(31)28-24(20)32/h2-3,5-6,8,10,18,20H,4,7,9,11-13,26H2,1H3,(H,27,29)(H,28,31,32)/t18-,20?/m0/s1. The van der Waals surface area contributed by atoms with Gasteiger partial charge in [-0.15, -0.1) is 0 Å². The summed E-state index contributed by atoms with van der Waals surface area (Å²) in [6.07, 6.45) is 3.01. The van der Waals surface area contributed by atoms with E-state index in [0.717, 1.165) is 52.8 Å². The van der Waals surface area contributed by atoms with Gasteiger partial charge in [-0.2, -0.15) is 0 Å². The van der Waals surface area contributed by atoms with Crippen LogP contribution in [0.15, 0.2) is 36.4 Å². The van der Waals surface area contributed by atoms with Crippen molar-refractivity contribution in [1.82, 2.24) is 20.2 Å². The molecule has 0 bridgehead atoms. The Morgan fingerprint density at radius 1 is 1.18 bits per heavy atom. The molecule has 2 aliphatic heterocycles. The first-order valence-electron chi connectivity index (χ1n) is 11.4. The summed E-state index contributed by atoms with van der Waals surface area (Å²) < 4.78 is 0. The monoisotopic (exact) mass is 445 g/mol. The van der Waals surface area contributed by atoms with Crippen LogP contribution in [0.5, 0.6) is 0 Å². The number of aryl methyl sites for hydroxylation is 2. The van der Waals surface area contributed by atoms with Gasteiger partial charge in [0.1, 0.15) is 11.9 Å². The minimum absolute atomic E-state index is 0.143. The second kappa shape index (κ2) is 8.44. The van der Waals surface area contributed by atoms with Crippen LogP contribution < -0.4 is 11.1 Å². The minimum atomic E-state index is -0.597. The van der Waals surface area contributed by atoms with Crippen molar-refractivity contribution < 1.29 is 14.4 Å². The zero-order valence-electron chi connectivity index (χ0n) is 18.6. The van der Waals surface area contributed by atoms with Gasteiger partial charge < -0.3 is 15.6 Å². The number of rotatable bonds is 6. The maximum absolute atomic E-state index is 13.0. The molecule has 1 fully saturated rings. The molecule has 1 unspecified atom stereocenters. The SMILES string of the molecule is Cc1cccc2[nH]c([C@@H](N)CCCc3cccc4c3CN(C3CCC(=O)NC3=O)C4=O)nc12. The molecular weight excluding hydrogens is 418 g/mol. The zero-order chi connectivity index (χ0) is 23.1. The van der Waals surface area contributed by atoms with E-state index in [1.54, 1.807) is 4.90 Å². The molecule has 3 heterocycles. The lowest BCUT2D eigenvalue weighted by Crippen LogP contribution is -2.52. The van der Waals surface area contributed by atoms with Crippen molar-refractivity contribution in [1.29, 1.82) is 0 Å². The van der Waals surface area contributed by atoms with Crippen LogP contribution in [0.2, 0.25) is 0 Å². The minimum Gasteiger partial charge on any atom is -0.341 e. The number of hydrogen-bond acceptors (Lipinski definition) is 5. The molecule has 8 heteroatoms. The van der Waals surface area contributed by atoms with Crippen molar-refractivity contribution >= 4 is 28.8 Å². The number of carbonyl (C=O) groups is 3. The van der Waals surface area contributed by atoms with Crippen LogP contribution in [-0.4, -0.2) is 38.6 Å². The fourth-order valence-electron chi connectivity index (χ4n) is 4.90. The molecule has 3 amide bonds. The summed E-state index contributed by atoms with van der Waals surface area (Å²) >= 11 is 0. The van der Waals surface area contributed by atoms with Crippen molar-refractivity contribution in [2.24, 2.45) is 5.73 Å². The molecule has 1 aromatic heterocycles. The molecule has 1 saturated heterocycles. The summed E-state index contributed by atoms with van der Waals surface area (Å²) in [5.41, 5.74) is 12.2. The highest BCUT2D eigenvalue weighted by atomic mass is 16.2. The highest BCUT2D eigenvalue weighted by Gasteiger charge is 2.39. The Bertz CT molecular complexity index is 1260. The van der Waals surface area contributed by atoms with Gasteiger partial charge in [0.25, 0.3) is 5.91 Å². The molecule has 8 nitrogen and oxygen atoms in total. The molecule has 2 aliphatic rings. The molecular formula is C25H27N5O3. The van der Waals surface area contributed by atoms with Crippen molar-refractivity contribution in [3.8, 4) is 0 Å². The van der Waals surface area contributed by atoms with Crippen LogP contribution in [0.1, 0.15) is 64.6 Å². The van der Waals surface area contributed by atoms with E-state index in [4.69, 9.17) is 5.73 Å². The number of carbonyl (C=O) groups excluding carboxylic acids is 3. The summed E-state index contributed by atoms with van der Waals surface area (Å²) in [6.45, 7) is 2.43. The van der Waals surface area contributed by atoms with Gasteiger partial charge in [0.15, 0.2) is 0 Å². The van der Waals surface area contributed by atoms with E-state index in [9.17, 15) is 14.4 Å². The second-order valence-corrected chi connectivity index (χ2v) is 8.94. The number of nitrogens with one attached hydrogen (secondary N) is 2. The number of aromatic amines is 1. The van der Waals surface area contributed by atoms with E-state index < -0.39 is 6.04 Å². The van der Waals surface area contributed by atoms with Gasteiger partial charge in [0, 0.05) is 18.5 Å². The van der Waals surface area contributed by atoms with Crippen LogP contribution in [0.4, 0.5) is 0 Å². The summed E-state index contributed by atoms with van der Waals surface area (Å²) in [4.78, 5) is 46.4. The lowest BCUT2D eigenvalue weighted by Gasteiger charge is -2.29. The number of imide groups is 1. The Labute approximate surface area is 191 Å². The smallest absolute Gasteiger partial charge is 0.255 e. The van der Waals surface area contributed by atoms with Gasteiger partial charge in [0.2, 0.25) is 11.8 Å². The molecule has 33 heavy (non-hydrogen) atoms. The highest BCUT2D eigenvalue weighted by Crippen LogP contribution is 2.31. The number of fused-ring (bicyclic) bond motifs is 2. The molecule has 0 radical (unpaired) electrons. The predicted octanol–water partition coefficient (Wildman–Crippen LogP) is 2.66. The van der Waals surface area contributed by atoms with E-state index in [1.807, 2.05) is 43.3 Å². The largest absolute Gasteiger partial charge is 0.341 e. The lowest BCUT2D eigenvalue weighted by atomic mass is 9.97. The van der Waals surface area contributed by atoms with Gasteiger partial charge in [-0.05, 0) is 61.4 Å². The van der Waals surface area contributed by atoms with E-state index in [2.05, 4.69) is 15.3 Å². The first-order chi connectivity index (χ1) is 15.9. The Morgan fingerprint density at radius 2 is 2.00 bits per heavy atom. The number of aromatic nitrogens is 2. The van der Waals surface area contributed by atoms with Crippen LogP contribution in [-0.2, 0) is 22.6 Å². The average molecular weight is 446 g/mol. The average Bonchev–Trinajstić information content (AvgIpc) is 3.37. The van der Waals surface area contributed by atoms with Crippen molar-refractivity contribution in [3.63, 3.8) is 0 Å². The molecule has 5 rings (SSSR count). The van der Waals surface area contributed by atoms with Crippen LogP contribution in [0.25, 0.3) is 11.0 Å². The quantitative estimate of drug-likeness (QED) is 0.504. The number of H-pyrrole nitrogens is 1. The Kier molecular flexibility index (Phi) is 5.46. The number of hydrogen-bond donors (Lipinski definition) is 3. The van der Waals surface area contributed by atoms with E-state index in [1.165, 1.54) is 0 Å². The van der Waals surface area contributed by atoms with Crippen molar-refractivity contribution in [3.05, 3.63) is 64.5 Å². The normalized spacial score (nSPS) is 19.2. The number of nitrogens with two attached hydrogens (primary N) is 1. The van der Waals surface area contributed by atoms with Gasteiger partial charge in [-0.25, -0.2) is 4.98 Å². The first-order valence-corrected chi connectivity index (χ1v) is 11.4. The maximum atomic E-state index is 13.0. The number of amides is 3. The lowest BCUT2D eigenvalue weighted by molar-refractivity contribution is -0.136. The Balaban J connectivity index is 1.26. The zero-order valence-corrected chi connectivity index (χ0v) is 18.6. The number of imidazole rings is 1. The number of nitrogens with zero attached hydrogens (tertiary/aromatic N) is 2. The Hall–Kier alpha value is -3.52. The van der Waals surface area contributed by atoms with Gasteiger partial charge in [-0.3, -0.25) is 19.7 Å². The topological polar surface area (TPSA) is 121 Å². The number of piperidine rings is 1. The summed E-state index contributed by atoms with van der Waals surface area (Å²) in [5.74, 6) is -0.0226. The van der Waals surface area contributed by atoms with Crippen LogP contribution in [0.3, 0.4) is 0 Å². The molecule has 0 spiro atoms. The Morgan fingerprint density at radius 3 is 2.79 bits per heavy atom. The molecule has 170 valence electrons. The van der Waals surface area contributed by atoms with E-state index >= 15 is 0 Å². The molecule has 0 saturated carbocycles. The van der Waals surface area contributed by atoms with Gasteiger partial charge in [-0.1, -0.05) is 24.3 Å². The summed E-state index contributed by atoms with van der Waals surface area (Å²) in [7, 11) is 0. The maximum Gasteiger partial charge on any atom is 0.255 e. The fraction of sp³-hybridized carbons (Fsp3) is 0.360. The third kappa shape index (κ3) is 3.91. The van der Waals surface area contributed by atoms with Gasteiger partial charge >= 0.3 is 0 Å². The highest BCUT2D eigenvalue weighted by molar-refractivity contribution is 6.05. The van der Waals surface area contributed by atoms with E-state index in [0.29, 0.717) is 18.5 Å². The van der Waals surface area contributed by atoms with Crippen LogP contribution in [0, 0.1) is 6.92 Å². The molecule has 2 aromatic carbocycles. The van der Waals surface area contributed by atoms with Gasteiger partial charge in [0.05, 0.1) is 17.1 Å². The molecule has 2 atom stereocenters. The predicted molar refractivity (Wildman–Crippen MR) is 123 cm³/mol. The molecule has 4 N–H and O–H groups in total. The summed E-state index contributed by atoms with van der Waals surface area (Å²) in [5, 5.41) is 2.35. The van der Waals surface area contributed by atoms with Crippen molar-refractivity contribution in [2.75, 3.05) is 0 Å². The third-order valence-corrected chi connectivity index (χ3v) is 6.72. The van der Waals surface area contributed by atoms with E-state index in [-0.39, 0.29) is 30.2 Å².